The van der Waals surface area contributed by atoms with Crippen molar-refractivity contribution in [3.05, 3.63) is 28.0 Å². The molecule has 4 nitrogen and oxygen atoms in total. The van der Waals surface area contributed by atoms with Crippen LogP contribution in [-0.4, -0.2) is 14.8 Å². The molecule has 2 aromatic heterocycles. The summed E-state index contributed by atoms with van der Waals surface area (Å²) in [6.45, 7) is 4.96. The highest BCUT2D eigenvalue weighted by atomic mass is 32.1. The molecule has 2 rings (SSSR count). The number of nitrogens with one attached hydrogen (secondary N) is 1. The standard InChI is InChI=1S/C11H16N4S/c1-4-10-11(7-15(3)14-10)13-6-9-5-12-8(2)16-9/h5,7,13H,4,6H2,1-3H3. The third kappa shape index (κ3) is 2.41. The van der Waals surface area contributed by atoms with E-state index in [-0.39, 0.29) is 0 Å². The molecule has 0 radical (unpaired) electrons. The van der Waals surface area contributed by atoms with Crippen LogP contribution in [0.4, 0.5) is 5.69 Å². The van der Waals surface area contributed by atoms with Gasteiger partial charge in [-0.05, 0) is 13.3 Å². The van der Waals surface area contributed by atoms with Crippen LogP contribution in [-0.2, 0) is 20.0 Å². The van der Waals surface area contributed by atoms with Gasteiger partial charge >= 0.3 is 0 Å². The lowest BCUT2D eigenvalue weighted by atomic mass is 10.3. The zero-order valence-electron chi connectivity index (χ0n) is 9.82. The Labute approximate surface area is 99.3 Å². The molecule has 0 unspecified atom stereocenters. The second-order valence-electron chi connectivity index (χ2n) is 3.72. The lowest BCUT2D eigenvalue weighted by Gasteiger charge is -2.02. The van der Waals surface area contributed by atoms with Crippen LogP contribution < -0.4 is 5.32 Å². The van der Waals surface area contributed by atoms with Gasteiger partial charge in [0.1, 0.15) is 0 Å². The van der Waals surface area contributed by atoms with Gasteiger partial charge < -0.3 is 5.32 Å². The second-order valence-corrected chi connectivity index (χ2v) is 5.04. The van der Waals surface area contributed by atoms with Crippen LogP contribution >= 0.6 is 11.3 Å². The molecule has 0 aliphatic rings. The van der Waals surface area contributed by atoms with Crippen molar-refractivity contribution in [2.45, 2.75) is 26.8 Å². The molecule has 0 saturated heterocycles. The molecule has 2 aromatic rings. The maximum Gasteiger partial charge on any atom is 0.0897 e. The maximum atomic E-state index is 4.39. The summed E-state index contributed by atoms with van der Waals surface area (Å²) in [4.78, 5) is 5.49. The Morgan fingerprint density at radius 1 is 1.50 bits per heavy atom. The fourth-order valence-corrected chi connectivity index (χ4v) is 2.35. The van der Waals surface area contributed by atoms with Crippen molar-refractivity contribution in [1.29, 1.82) is 0 Å². The monoisotopic (exact) mass is 236 g/mol. The first-order chi connectivity index (χ1) is 7.69. The third-order valence-electron chi connectivity index (χ3n) is 2.36. The Bertz CT molecular complexity index is 472. The molecular formula is C11H16N4S. The van der Waals surface area contributed by atoms with Crippen LogP contribution in [0.15, 0.2) is 12.4 Å². The largest absolute Gasteiger partial charge is 0.377 e. The van der Waals surface area contributed by atoms with E-state index < -0.39 is 0 Å². The molecule has 0 saturated carbocycles. The van der Waals surface area contributed by atoms with Gasteiger partial charge in [0.05, 0.1) is 22.9 Å². The van der Waals surface area contributed by atoms with Crippen molar-refractivity contribution in [2.75, 3.05) is 5.32 Å². The molecule has 0 fully saturated rings. The van der Waals surface area contributed by atoms with Crippen LogP contribution in [0.3, 0.4) is 0 Å². The molecule has 5 heteroatoms. The average molecular weight is 236 g/mol. The van der Waals surface area contributed by atoms with E-state index >= 15 is 0 Å². The van der Waals surface area contributed by atoms with Crippen LogP contribution in [0.25, 0.3) is 0 Å². The summed E-state index contributed by atoms with van der Waals surface area (Å²) in [7, 11) is 1.95. The summed E-state index contributed by atoms with van der Waals surface area (Å²) in [5.41, 5.74) is 2.24. The van der Waals surface area contributed by atoms with E-state index in [1.807, 2.05) is 31.0 Å². The van der Waals surface area contributed by atoms with Crippen LogP contribution in [0.5, 0.6) is 0 Å². The number of hydrogen-bond acceptors (Lipinski definition) is 4. The third-order valence-corrected chi connectivity index (χ3v) is 3.28. The van der Waals surface area contributed by atoms with Crippen LogP contribution in [0, 0.1) is 6.92 Å². The highest BCUT2D eigenvalue weighted by molar-refractivity contribution is 7.11. The summed E-state index contributed by atoms with van der Waals surface area (Å²) in [6.07, 6.45) is 4.90. The average Bonchev–Trinajstić information content (AvgIpc) is 2.81. The van der Waals surface area contributed by atoms with E-state index in [4.69, 9.17) is 0 Å². The molecule has 0 amide bonds. The Hall–Kier alpha value is -1.36. The van der Waals surface area contributed by atoms with Crippen molar-refractivity contribution in [1.82, 2.24) is 14.8 Å². The first-order valence-corrected chi connectivity index (χ1v) is 6.18. The number of rotatable bonds is 4. The Morgan fingerprint density at radius 2 is 2.31 bits per heavy atom. The molecule has 86 valence electrons. The van der Waals surface area contributed by atoms with E-state index in [1.165, 1.54) is 4.88 Å². The molecule has 0 aliphatic carbocycles. The Morgan fingerprint density at radius 3 is 2.94 bits per heavy atom. The Balaban J connectivity index is 2.04. The van der Waals surface area contributed by atoms with Gasteiger partial charge in [-0.15, -0.1) is 11.3 Å². The highest BCUT2D eigenvalue weighted by Crippen LogP contribution is 2.17. The van der Waals surface area contributed by atoms with E-state index in [9.17, 15) is 0 Å². The minimum absolute atomic E-state index is 0.824. The fourth-order valence-electron chi connectivity index (χ4n) is 1.61. The summed E-state index contributed by atoms with van der Waals surface area (Å²) >= 11 is 1.73. The van der Waals surface area contributed by atoms with Gasteiger partial charge in [0.2, 0.25) is 0 Å². The fraction of sp³-hybridized carbons (Fsp3) is 0.455. The van der Waals surface area contributed by atoms with Gasteiger partial charge in [0.15, 0.2) is 0 Å². The molecule has 16 heavy (non-hydrogen) atoms. The minimum atomic E-state index is 0.824. The summed E-state index contributed by atoms with van der Waals surface area (Å²) in [5.74, 6) is 0. The van der Waals surface area contributed by atoms with Crippen LogP contribution in [0.2, 0.25) is 0 Å². The van der Waals surface area contributed by atoms with Gasteiger partial charge in [0.25, 0.3) is 0 Å². The second kappa shape index (κ2) is 4.65. The molecule has 2 heterocycles. The number of hydrogen-bond donors (Lipinski definition) is 1. The molecule has 0 spiro atoms. The zero-order chi connectivity index (χ0) is 11.5. The van der Waals surface area contributed by atoms with Crippen LogP contribution in [0.1, 0.15) is 22.5 Å². The number of anilines is 1. The van der Waals surface area contributed by atoms with Crippen molar-refractivity contribution in [3.63, 3.8) is 0 Å². The topological polar surface area (TPSA) is 42.7 Å². The smallest absolute Gasteiger partial charge is 0.0897 e. The lowest BCUT2D eigenvalue weighted by Crippen LogP contribution is -1.98. The molecule has 0 aromatic carbocycles. The molecular weight excluding hydrogens is 220 g/mol. The minimum Gasteiger partial charge on any atom is -0.377 e. The van der Waals surface area contributed by atoms with E-state index in [0.29, 0.717) is 0 Å². The quantitative estimate of drug-likeness (QED) is 0.886. The van der Waals surface area contributed by atoms with E-state index in [1.54, 1.807) is 11.3 Å². The summed E-state index contributed by atoms with van der Waals surface area (Å²) in [5, 5.41) is 8.90. The van der Waals surface area contributed by atoms with Crippen molar-refractivity contribution < 1.29 is 0 Å². The lowest BCUT2D eigenvalue weighted by molar-refractivity contribution is 0.746. The van der Waals surface area contributed by atoms with Crippen molar-refractivity contribution >= 4 is 17.0 Å². The normalized spacial score (nSPS) is 10.7. The summed E-state index contributed by atoms with van der Waals surface area (Å²) in [6, 6.07) is 0. The molecule has 1 N–H and O–H groups in total. The van der Waals surface area contributed by atoms with Gasteiger partial charge in [-0.3, -0.25) is 4.68 Å². The number of nitrogens with zero attached hydrogens (tertiary/aromatic N) is 3. The summed E-state index contributed by atoms with van der Waals surface area (Å²) < 4.78 is 1.85. The van der Waals surface area contributed by atoms with E-state index in [2.05, 4.69) is 22.3 Å². The van der Waals surface area contributed by atoms with E-state index in [0.717, 1.165) is 29.4 Å². The SMILES string of the molecule is CCc1nn(C)cc1NCc1cnc(C)s1. The van der Waals surface area contributed by atoms with Gasteiger partial charge in [0, 0.05) is 24.3 Å². The Kier molecular flexibility index (Phi) is 3.24. The van der Waals surface area contributed by atoms with Gasteiger partial charge in [-0.25, -0.2) is 4.98 Å². The highest BCUT2D eigenvalue weighted by Gasteiger charge is 2.05. The number of thiazole rings is 1. The zero-order valence-corrected chi connectivity index (χ0v) is 10.6. The maximum absolute atomic E-state index is 4.39. The predicted molar refractivity (Wildman–Crippen MR) is 66.8 cm³/mol. The number of aromatic nitrogens is 3. The van der Waals surface area contributed by atoms with Crippen molar-refractivity contribution in [2.24, 2.45) is 7.05 Å². The number of aryl methyl sites for hydroxylation is 3. The first kappa shape index (κ1) is 11.1. The van der Waals surface area contributed by atoms with Gasteiger partial charge in [-0.1, -0.05) is 6.92 Å². The predicted octanol–water partition coefficient (Wildman–Crippen LogP) is 2.36. The van der Waals surface area contributed by atoms with Gasteiger partial charge in [-0.2, -0.15) is 5.10 Å². The van der Waals surface area contributed by atoms with Crippen molar-refractivity contribution in [3.8, 4) is 0 Å². The molecule has 0 aliphatic heterocycles. The molecule has 0 atom stereocenters. The molecule has 0 bridgehead atoms. The first-order valence-electron chi connectivity index (χ1n) is 5.36.